The van der Waals surface area contributed by atoms with E-state index in [2.05, 4.69) is 60.8 Å². The molecule has 1 aromatic carbocycles. The molecule has 38 heavy (non-hydrogen) atoms. The second-order valence-corrected chi connectivity index (χ2v) is 10.3. The Balaban J connectivity index is 1.24. The molecule has 2 aromatic heterocycles. The largest absolute Gasteiger partial charge is 0.378 e. The van der Waals surface area contributed by atoms with Crippen LogP contribution in [0.25, 0.3) is 11.3 Å². The SMILES string of the molecule is CCCN1CCN(Cc2ccc(N3CCc4c(-c5cnc(N)nc5)nc(N5CCOCC5)nc43)cc2)CC1. The smallest absolute Gasteiger partial charge is 0.228 e. The summed E-state index contributed by atoms with van der Waals surface area (Å²) in [5, 5.41) is 0. The molecule has 2 fully saturated rings. The number of piperazine rings is 1. The molecule has 0 radical (unpaired) electrons. The van der Waals surface area contributed by atoms with Crippen molar-refractivity contribution >= 4 is 23.4 Å². The van der Waals surface area contributed by atoms with Gasteiger partial charge in [-0.25, -0.2) is 15.0 Å². The number of rotatable bonds is 7. The summed E-state index contributed by atoms with van der Waals surface area (Å²) < 4.78 is 5.57. The Morgan fingerprint density at radius 2 is 1.58 bits per heavy atom. The minimum Gasteiger partial charge on any atom is -0.378 e. The molecule has 10 nitrogen and oxygen atoms in total. The highest BCUT2D eigenvalue weighted by atomic mass is 16.5. The number of ether oxygens (including phenoxy) is 1. The fraction of sp³-hybridized carbons (Fsp3) is 0.500. The first-order chi connectivity index (χ1) is 18.7. The van der Waals surface area contributed by atoms with Gasteiger partial charge in [-0.1, -0.05) is 19.1 Å². The highest BCUT2D eigenvalue weighted by Gasteiger charge is 2.29. The molecule has 0 atom stereocenters. The van der Waals surface area contributed by atoms with Gasteiger partial charge in [0.15, 0.2) is 0 Å². The van der Waals surface area contributed by atoms with Gasteiger partial charge in [-0.15, -0.1) is 0 Å². The van der Waals surface area contributed by atoms with Gasteiger partial charge in [0.05, 0.1) is 18.9 Å². The van der Waals surface area contributed by atoms with Crippen LogP contribution in [0.5, 0.6) is 0 Å². The number of nitrogens with two attached hydrogens (primary N) is 1. The zero-order valence-corrected chi connectivity index (χ0v) is 22.2. The first-order valence-electron chi connectivity index (χ1n) is 13.8. The highest BCUT2D eigenvalue weighted by Crippen LogP contribution is 2.39. The van der Waals surface area contributed by atoms with Crippen molar-refractivity contribution in [1.82, 2.24) is 29.7 Å². The number of hydrogen-bond donors (Lipinski definition) is 1. The Bertz CT molecular complexity index is 1220. The summed E-state index contributed by atoms with van der Waals surface area (Å²) in [6, 6.07) is 9.01. The fourth-order valence-electron chi connectivity index (χ4n) is 5.63. The van der Waals surface area contributed by atoms with E-state index < -0.39 is 0 Å². The molecule has 6 rings (SSSR count). The van der Waals surface area contributed by atoms with Crippen molar-refractivity contribution in [1.29, 1.82) is 0 Å². The minimum atomic E-state index is 0.261. The number of aromatic nitrogens is 4. The van der Waals surface area contributed by atoms with Gasteiger partial charge >= 0.3 is 0 Å². The van der Waals surface area contributed by atoms with Gasteiger partial charge in [0.2, 0.25) is 11.9 Å². The number of benzene rings is 1. The van der Waals surface area contributed by atoms with Crippen molar-refractivity contribution in [3.8, 4) is 11.3 Å². The average Bonchev–Trinajstić information content (AvgIpc) is 3.39. The first kappa shape index (κ1) is 25.0. The normalized spacial score (nSPS) is 18.7. The molecule has 10 heteroatoms. The van der Waals surface area contributed by atoms with E-state index >= 15 is 0 Å². The second-order valence-electron chi connectivity index (χ2n) is 10.3. The van der Waals surface area contributed by atoms with Crippen molar-refractivity contribution in [2.75, 3.05) is 81.1 Å². The molecule has 3 aliphatic heterocycles. The topological polar surface area (TPSA) is 99.8 Å². The van der Waals surface area contributed by atoms with Gasteiger partial charge in [0, 0.05) is 81.6 Å². The van der Waals surface area contributed by atoms with Crippen molar-refractivity contribution in [2.24, 2.45) is 0 Å². The number of anilines is 4. The van der Waals surface area contributed by atoms with E-state index in [-0.39, 0.29) is 5.95 Å². The predicted molar refractivity (Wildman–Crippen MR) is 150 cm³/mol. The molecule has 0 spiro atoms. The monoisotopic (exact) mass is 515 g/mol. The first-order valence-corrected chi connectivity index (χ1v) is 13.8. The number of nitrogens with zero attached hydrogens (tertiary/aromatic N) is 8. The molecule has 3 aliphatic rings. The Morgan fingerprint density at radius 3 is 2.29 bits per heavy atom. The van der Waals surface area contributed by atoms with Crippen molar-refractivity contribution in [3.63, 3.8) is 0 Å². The maximum atomic E-state index is 5.76. The molecule has 0 amide bonds. The Kier molecular flexibility index (Phi) is 7.35. The van der Waals surface area contributed by atoms with Crippen LogP contribution in [0.1, 0.15) is 24.5 Å². The highest BCUT2D eigenvalue weighted by molar-refractivity contribution is 5.76. The van der Waals surface area contributed by atoms with Crippen LogP contribution in [0.2, 0.25) is 0 Å². The molecule has 5 heterocycles. The third kappa shape index (κ3) is 5.29. The number of nitrogen functional groups attached to an aromatic ring is 1. The zero-order valence-electron chi connectivity index (χ0n) is 22.2. The second kappa shape index (κ2) is 11.2. The summed E-state index contributed by atoms with van der Waals surface area (Å²) in [7, 11) is 0. The predicted octanol–water partition coefficient (Wildman–Crippen LogP) is 2.57. The van der Waals surface area contributed by atoms with Crippen LogP contribution in [0.3, 0.4) is 0 Å². The maximum Gasteiger partial charge on any atom is 0.228 e. The van der Waals surface area contributed by atoms with Crippen LogP contribution in [0.15, 0.2) is 36.7 Å². The van der Waals surface area contributed by atoms with E-state index in [1.165, 1.54) is 31.6 Å². The van der Waals surface area contributed by atoms with Crippen molar-refractivity contribution in [2.45, 2.75) is 26.3 Å². The van der Waals surface area contributed by atoms with Crippen LogP contribution in [0, 0.1) is 0 Å². The van der Waals surface area contributed by atoms with E-state index in [0.29, 0.717) is 13.2 Å². The zero-order chi connectivity index (χ0) is 25.9. The Labute approximate surface area is 224 Å². The van der Waals surface area contributed by atoms with Gasteiger partial charge in [0.25, 0.3) is 0 Å². The summed E-state index contributed by atoms with van der Waals surface area (Å²) in [5.74, 6) is 1.95. The fourth-order valence-corrected chi connectivity index (χ4v) is 5.63. The third-order valence-corrected chi connectivity index (χ3v) is 7.71. The molecule has 0 bridgehead atoms. The number of fused-ring (bicyclic) bond motifs is 1. The average molecular weight is 516 g/mol. The summed E-state index contributed by atoms with van der Waals surface area (Å²) in [5.41, 5.74) is 11.2. The van der Waals surface area contributed by atoms with E-state index in [0.717, 1.165) is 80.0 Å². The molecular formula is C28H37N9O. The quantitative estimate of drug-likeness (QED) is 0.505. The van der Waals surface area contributed by atoms with Crippen molar-refractivity contribution in [3.05, 3.63) is 47.8 Å². The van der Waals surface area contributed by atoms with Gasteiger partial charge in [-0.3, -0.25) is 4.90 Å². The van der Waals surface area contributed by atoms with Crippen molar-refractivity contribution < 1.29 is 4.74 Å². The summed E-state index contributed by atoms with van der Waals surface area (Å²) in [6.07, 6.45) is 5.61. The standard InChI is InChI=1S/C28H37N9O/c1-2-8-34-10-12-35(13-11-34)20-21-3-5-23(6-4-21)37-9-7-24-25(22-18-30-27(29)31-19-22)32-28(33-26(24)37)36-14-16-38-17-15-36/h3-6,18-19H,2,7-17,20H2,1H3,(H2,29,30,31). The third-order valence-electron chi connectivity index (χ3n) is 7.71. The number of morpholine rings is 1. The lowest BCUT2D eigenvalue weighted by Crippen LogP contribution is -2.45. The molecule has 0 unspecified atom stereocenters. The lowest BCUT2D eigenvalue weighted by Gasteiger charge is -2.34. The molecule has 2 saturated heterocycles. The summed E-state index contributed by atoms with van der Waals surface area (Å²) in [4.78, 5) is 28.2. The lowest BCUT2D eigenvalue weighted by atomic mass is 10.1. The summed E-state index contributed by atoms with van der Waals surface area (Å²) in [6.45, 7) is 12.9. The van der Waals surface area contributed by atoms with E-state index in [1.807, 2.05) is 0 Å². The van der Waals surface area contributed by atoms with Crippen LogP contribution in [0.4, 0.5) is 23.4 Å². The molecule has 200 valence electrons. The molecule has 0 aliphatic carbocycles. The maximum absolute atomic E-state index is 5.76. The minimum absolute atomic E-state index is 0.261. The van der Waals surface area contributed by atoms with Gasteiger partial charge < -0.3 is 25.2 Å². The summed E-state index contributed by atoms with van der Waals surface area (Å²) >= 11 is 0. The molecule has 3 aromatic rings. The van der Waals surface area contributed by atoms with E-state index in [4.69, 9.17) is 20.4 Å². The Hall–Kier alpha value is -3.34. The van der Waals surface area contributed by atoms with Gasteiger partial charge in [-0.05, 0) is 37.1 Å². The van der Waals surface area contributed by atoms with Gasteiger partial charge in [-0.2, -0.15) is 4.98 Å². The van der Waals surface area contributed by atoms with Crippen LogP contribution in [-0.2, 0) is 17.7 Å². The van der Waals surface area contributed by atoms with Crippen LogP contribution >= 0.6 is 0 Å². The van der Waals surface area contributed by atoms with Crippen LogP contribution < -0.4 is 15.5 Å². The number of hydrogen-bond acceptors (Lipinski definition) is 10. The van der Waals surface area contributed by atoms with E-state index in [1.54, 1.807) is 12.4 Å². The molecular weight excluding hydrogens is 478 g/mol. The molecule has 2 N–H and O–H groups in total. The lowest BCUT2D eigenvalue weighted by molar-refractivity contribution is 0.122. The molecule has 0 saturated carbocycles. The van der Waals surface area contributed by atoms with Gasteiger partial charge in [0.1, 0.15) is 5.82 Å². The Morgan fingerprint density at radius 1 is 0.868 bits per heavy atom. The van der Waals surface area contributed by atoms with E-state index in [9.17, 15) is 0 Å². The van der Waals surface area contributed by atoms with Crippen LogP contribution in [-0.4, -0.2) is 95.3 Å².